The molecule has 1 heterocycles. The maximum atomic E-state index is 12.2. The van der Waals surface area contributed by atoms with Gasteiger partial charge in [0.2, 0.25) is 10.0 Å². The third kappa shape index (κ3) is 7.68. The molecule has 0 aromatic heterocycles. The number of hydrogen-bond donors (Lipinski definition) is 2. The molecule has 0 amide bonds. The minimum Gasteiger partial charge on any atom is -0.492 e. The van der Waals surface area contributed by atoms with Crippen LogP contribution in [0.2, 0.25) is 5.02 Å². The SMILES string of the molecule is O=S(=O)(CCC(F)(F)F)NCCOc1ccc2c(c1)C(Cc1ccc(Cl)cc1)NCC2. The van der Waals surface area contributed by atoms with E-state index in [1.54, 1.807) is 0 Å². The molecule has 31 heavy (non-hydrogen) atoms. The van der Waals surface area contributed by atoms with Crippen molar-refractivity contribution >= 4 is 21.6 Å². The predicted molar refractivity (Wildman–Crippen MR) is 114 cm³/mol. The minimum atomic E-state index is -4.51. The fourth-order valence-electron chi connectivity index (χ4n) is 3.43. The van der Waals surface area contributed by atoms with Gasteiger partial charge in [0.05, 0.1) is 12.2 Å². The molecule has 0 spiro atoms. The number of fused-ring (bicyclic) bond motifs is 1. The zero-order chi connectivity index (χ0) is 22.5. The molecule has 0 aliphatic carbocycles. The van der Waals surface area contributed by atoms with Gasteiger partial charge in [0.15, 0.2) is 0 Å². The second kappa shape index (κ2) is 10.2. The predicted octanol–water partition coefficient (Wildman–Crippen LogP) is 4.02. The van der Waals surface area contributed by atoms with Gasteiger partial charge < -0.3 is 10.1 Å². The van der Waals surface area contributed by atoms with Crippen LogP contribution in [-0.4, -0.2) is 40.0 Å². The van der Waals surface area contributed by atoms with Crippen LogP contribution < -0.4 is 14.8 Å². The molecule has 1 atom stereocenters. The topological polar surface area (TPSA) is 67.4 Å². The highest BCUT2D eigenvalue weighted by Crippen LogP contribution is 2.30. The molecule has 1 aliphatic rings. The van der Waals surface area contributed by atoms with E-state index in [9.17, 15) is 21.6 Å². The number of nitrogens with one attached hydrogen (secondary N) is 2. The number of halogens is 4. The average Bonchev–Trinajstić information content (AvgIpc) is 2.71. The van der Waals surface area contributed by atoms with Gasteiger partial charge in [0.25, 0.3) is 0 Å². The molecule has 5 nitrogen and oxygen atoms in total. The van der Waals surface area contributed by atoms with Crippen LogP contribution in [0.3, 0.4) is 0 Å². The van der Waals surface area contributed by atoms with Crippen molar-refractivity contribution in [3.8, 4) is 5.75 Å². The number of alkyl halides is 3. The smallest absolute Gasteiger partial charge is 0.390 e. The lowest BCUT2D eigenvalue weighted by Crippen LogP contribution is -2.32. The van der Waals surface area contributed by atoms with E-state index in [1.807, 2.05) is 42.5 Å². The summed E-state index contributed by atoms with van der Waals surface area (Å²) < 4.78 is 67.6. The molecule has 170 valence electrons. The molecule has 1 unspecified atom stereocenters. The molecule has 0 bridgehead atoms. The molecule has 0 saturated heterocycles. The van der Waals surface area contributed by atoms with Crippen molar-refractivity contribution in [2.45, 2.75) is 31.5 Å². The molecule has 10 heteroatoms. The van der Waals surface area contributed by atoms with E-state index in [0.717, 1.165) is 30.5 Å². The number of sulfonamides is 1. The maximum absolute atomic E-state index is 12.2. The lowest BCUT2D eigenvalue weighted by atomic mass is 9.90. The summed E-state index contributed by atoms with van der Waals surface area (Å²) in [6.45, 7) is 0.772. The van der Waals surface area contributed by atoms with Gasteiger partial charge in [0.1, 0.15) is 12.4 Å². The van der Waals surface area contributed by atoms with Gasteiger partial charge in [0, 0.05) is 17.6 Å². The Kier molecular flexibility index (Phi) is 7.85. The van der Waals surface area contributed by atoms with Crippen LogP contribution in [-0.2, 0) is 22.9 Å². The van der Waals surface area contributed by atoms with Gasteiger partial charge in [-0.25, -0.2) is 13.1 Å². The number of benzene rings is 2. The van der Waals surface area contributed by atoms with E-state index in [1.165, 1.54) is 5.56 Å². The Morgan fingerprint density at radius 2 is 1.90 bits per heavy atom. The third-order valence-corrected chi connectivity index (χ3v) is 6.62. The summed E-state index contributed by atoms with van der Waals surface area (Å²) in [5.74, 6) is -0.411. The first-order chi connectivity index (χ1) is 14.6. The molecule has 0 saturated carbocycles. The van der Waals surface area contributed by atoms with Crippen LogP contribution in [0.15, 0.2) is 42.5 Å². The summed E-state index contributed by atoms with van der Waals surface area (Å²) >= 11 is 5.96. The molecule has 2 aromatic rings. The Labute approximate surface area is 185 Å². The third-order valence-electron chi connectivity index (χ3n) is 4.98. The molecule has 3 rings (SSSR count). The Bertz CT molecular complexity index is 982. The van der Waals surface area contributed by atoms with Gasteiger partial charge in [-0.05, 0) is 60.3 Å². The van der Waals surface area contributed by atoms with Crippen LogP contribution in [0, 0.1) is 0 Å². The van der Waals surface area contributed by atoms with Gasteiger partial charge in [-0.15, -0.1) is 0 Å². The van der Waals surface area contributed by atoms with E-state index >= 15 is 0 Å². The maximum Gasteiger partial charge on any atom is 0.390 e. The van der Waals surface area contributed by atoms with Crippen LogP contribution in [0.4, 0.5) is 13.2 Å². The Hall–Kier alpha value is -1.81. The zero-order valence-electron chi connectivity index (χ0n) is 16.7. The highest BCUT2D eigenvalue weighted by molar-refractivity contribution is 7.89. The van der Waals surface area contributed by atoms with Gasteiger partial charge in [-0.2, -0.15) is 13.2 Å². The van der Waals surface area contributed by atoms with Crippen molar-refractivity contribution in [2.24, 2.45) is 0 Å². The first-order valence-corrected chi connectivity index (χ1v) is 11.9. The molecule has 1 aliphatic heterocycles. The molecule has 2 aromatic carbocycles. The highest BCUT2D eigenvalue weighted by Gasteiger charge is 2.29. The number of rotatable bonds is 9. The van der Waals surface area contributed by atoms with Crippen molar-refractivity contribution in [3.05, 3.63) is 64.2 Å². The van der Waals surface area contributed by atoms with Gasteiger partial charge in [-0.3, -0.25) is 0 Å². The van der Waals surface area contributed by atoms with E-state index < -0.39 is 28.4 Å². The van der Waals surface area contributed by atoms with Crippen molar-refractivity contribution in [1.82, 2.24) is 10.0 Å². The Balaban J connectivity index is 1.56. The Morgan fingerprint density at radius 1 is 1.16 bits per heavy atom. The molecular weight excluding hydrogens is 453 g/mol. The van der Waals surface area contributed by atoms with Crippen LogP contribution in [0.5, 0.6) is 5.75 Å². The lowest BCUT2D eigenvalue weighted by Gasteiger charge is -2.27. The van der Waals surface area contributed by atoms with Crippen molar-refractivity contribution in [1.29, 1.82) is 0 Å². The first kappa shape index (κ1) is 23.8. The molecule has 2 N–H and O–H groups in total. The number of ether oxygens (including phenoxy) is 1. The van der Waals surface area contributed by atoms with Crippen LogP contribution in [0.1, 0.15) is 29.2 Å². The minimum absolute atomic E-state index is 0.0132. The lowest BCUT2D eigenvalue weighted by molar-refractivity contribution is -0.129. The monoisotopic (exact) mass is 476 g/mol. The molecule has 0 fully saturated rings. The van der Waals surface area contributed by atoms with Crippen molar-refractivity contribution < 1.29 is 26.3 Å². The first-order valence-electron chi connectivity index (χ1n) is 9.89. The Morgan fingerprint density at radius 3 is 2.61 bits per heavy atom. The van der Waals surface area contributed by atoms with E-state index in [-0.39, 0.29) is 19.2 Å². The standard InChI is InChI=1S/C21H24ClF3N2O3S/c22-17-4-1-15(2-5-17)13-20-19-14-18(6-3-16(19)7-9-26-20)30-11-10-27-31(28,29)12-8-21(23,24)25/h1-6,14,20,26-27H,7-13H2. The zero-order valence-corrected chi connectivity index (χ0v) is 18.3. The largest absolute Gasteiger partial charge is 0.492 e. The molecule has 0 radical (unpaired) electrons. The average molecular weight is 477 g/mol. The van der Waals surface area contributed by atoms with Crippen molar-refractivity contribution in [3.63, 3.8) is 0 Å². The quantitative estimate of drug-likeness (QED) is 0.536. The van der Waals surface area contributed by atoms with E-state index in [4.69, 9.17) is 16.3 Å². The second-order valence-electron chi connectivity index (χ2n) is 7.37. The summed E-state index contributed by atoms with van der Waals surface area (Å²) in [4.78, 5) is 0. The van der Waals surface area contributed by atoms with Gasteiger partial charge >= 0.3 is 6.18 Å². The summed E-state index contributed by atoms with van der Waals surface area (Å²) in [5.41, 5.74) is 3.48. The van der Waals surface area contributed by atoms with Crippen LogP contribution >= 0.6 is 11.6 Å². The second-order valence-corrected chi connectivity index (χ2v) is 9.74. The van der Waals surface area contributed by atoms with Crippen molar-refractivity contribution in [2.75, 3.05) is 25.4 Å². The summed E-state index contributed by atoms with van der Waals surface area (Å²) in [6, 6.07) is 13.5. The molecular formula is C21H24ClF3N2O3S. The summed E-state index contributed by atoms with van der Waals surface area (Å²) in [5, 5.41) is 4.19. The van der Waals surface area contributed by atoms with E-state index in [0.29, 0.717) is 10.8 Å². The number of hydrogen-bond acceptors (Lipinski definition) is 4. The fraction of sp³-hybridized carbons (Fsp3) is 0.429. The fourth-order valence-corrected chi connectivity index (χ4v) is 4.60. The summed E-state index contributed by atoms with van der Waals surface area (Å²) in [7, 11) is -4.00. The van der Waals surface area contributed by atoms with Crippen LogP contribution in [0.25, 0.3) is 0 Å². The highest BCUT2D eigenvalue weighted by atomic mass is 35.5. The summed E-state index contributed by atoms with van der Waals surface area (Å²) in [6.07, 6.45) is -4.21. The normalized spacial score (nSPS) is 16.7. The van der Waals surface area contributed by atoms with Gasteiger partial charge in [-0.1, -0.05) is 29.8 Å². The van der Waals surface area contributed by atoms with E-state index in [2.05, 4.69) is 10.0 Å².